The summed E-state index contributed by atoms with van der Waals surface area (Å²) < 4.78 is 0. The van der Waals surface area contributed by atoms with Gasteiger partial charge in [0.15, 0.2) is 5.13 Å². The summed E-state index contributed by atoms with van der Waals surface area (Å²) in [7, 11) is 0. The quantitative estimate of drug-likeness (QED) is 0.571. The van der Waals surface area contributed by atoms with E-state index in [1.165, 1.54) is 24.1 Å². The Morgan fingerprint density at radius 1 is 1.19 bits per heavy atom. The lowest BCUT2D eigenvalue weighted by molar-refractivity contribution is 0.102. The van der Waals surface area contributed by atoms with Gasteiger partial charge in [-0.1, -0.05) is 12.5 Å². The zero-order valence-corrected chi connectivity index (χ0v) is 19.0. The van der Waals surface area contributed by atoms with E-state index in [4.69, 9.17) is 0 Å². The molecule has 0 bridgehead atoms. The molecule has 31 heavy (non-hydrogen) atoms. The molecule has 3 aromatic rings. The lowest BCUT2D eigenvalue weighted by Gasteiger charge is -2.32. The number of amides is 1. The van der Waals surface area contributed by atoms with Gasteiger partial charge < -0.3 is 5.32 Å². The minimum absolute atomic E-state index is 0.183. The van der Waals surface area contributed by atoms with Crippen LogP contribution in [0.25, 0.3) is 0 Å². The molecule has 4 rings (SSSR count). The Balaban J connectivity index is 1.40. The molecule has 1 unspecified atom stereocenters. The molecule has 1 aliphatic rings. The fourth-order valence-corrected chi connectivity index (χ4v) is 4.68. The number of carbonyl (C=O) groups excluding carboxylic acids is 1. The minimum Gasteiger partial charge on any atom is -0.324 e. The van der Waals surface area contributed by atoms with Gasteiger partial charge in [0.25, 0.3) is 5.91 Å². The number of piperidine rings is 1. The first-order valence-electron chi connectivity index (χ1n) is 10.7. The molecule has 1 aliphatic heterocycles. The third-order valence-corrected chi connectivity index (χ3v) is 6.33. The third kappa shape index (κ3) is 5.65. The molecule has 0 radical (unpaired) electrons. The Labute approximate surface area is 187 Å². The molecule has 1 atom stereocenters. The van der Waals surface area contributed by atoms with Crippen LogP contribution in [0.1, 0.15) is 52.8 Å². The number of benzene rings is 1. The molecule has 3 heterocycles. The summed E-state index contributed by atoms with van der Waals surface area (Å²) >= 11 is 1.54. The van der Waals surface area contributed by atoms with E-state index < -0.39 is 0 Å². The molecule has 162 valence electrons. The van der Waals surface area contributed by atoms with Crippen LogP contribution in [0.15, 0.2) is 36.5 Å². The Morgan fingerprint density at radius 3 is 2.77 bits per heavy atom. The summed E-state index contributed by atoms with van der Waals surface area (Å²) in [5, 5.41) is 6.73. The number of aryl methyl sites for hydroxylation is 2. The first-order valence-corrected chi connectivity index (χ1v) is 11.5. The van der Waals surface area contributed by atoms with E-state index in [0.717, 1.165) is 30.2 Å². The van der Waals surface area contributed by atoms with Gasteiger partial charge in [0.05, 0.1) is 0 Å². The number of nitrogens with one attached hydrogen (secondary N) is 2. The van der Waals surface area contributed by atoms with Gasteiger partial charge in [-0.3, -0.25) is 15.0 Å². The minimum atomic E-state index is -0.183. The van der Waals surface area contributed by atoms with Crippen molar-refractivity contribution in [1.29, 1.82) is 0 Å². The van der Waals surface area contributed by atoms with E-state index in [1.807, 2.05) is 38.2 Å². The van der Waals surface area contributed by atoms with E-state index in [2.05, 4.69) is 37.4 Å². The average molecular weight is 437 g/mol. The van der Waals surface area contributed by atoms with Crippen molar-refractivity contribution in [2.75, 3.05) is 17.2 Å². The van der Waals surface area contributed by atoms with Crippen molar-refractivity contribution in [2.45, 2.75) is 52.6 Å². The zero-order chi connectivity index (χ0) is 21.8. The highest BCUT2D eigenvalue weighted by molar-refractivity contribution is 7.15. The van der Waals surface area contributed by atoms with Crippen LogP contribution < -0.4 is 10.6 Å². The van der Waals surface area contributed by atoms with Crippen LogP contribution in [0.4, 0.5) is 16.8 Å². The predicted molar refractivity (Wildman–Crippen MR) is 125 cm³/mol. The van der Waals surface area contributed by atoms with Crippen LogP contribution in [0, 0.1) is 13.8 Å². The van der Waals surface area contributed by atoms with Crippen molar-refractivity contribution in [3.63, 3.8) is 0 Å². The number of likely N-dealkylation sites (tertiary alicyclic amines) is 1. The van der Waals surface area contributed by atoms with Gasteiger partial charge in [-0.15, -0.1) is 11.3 Å². The Hall–Kier alpha value is -2.84. The molecule has 7 nitrogen and oxygen atoms in total. The van der Waals surface area contributed by atoms with Gasteiger partial charge in [-0.05, 0) is 64.4 Å². The number of thiazole rings is 1. The molecular formula is C23H28N6OS. The van der Waals surface area contributed by atoms with Crippen molar-refractivity contribution in [2.24, 2.45) is 0 Å². The van der Waals surface area contributed by atoms with E-state index in [-0.39, 0.29) is 5.91 Å². The lowest BCUT2D eigenvalue weighted by atomic mass is 10.0. The SMILES string of the molecule is Cc1cc(C)nc(Nc2cccc(C(=O)Nc3ncc(CN4CCCCC4C)s3)c2)n1. The smallest absolute Gasteiger partial charge is 0.257 e. The first-order chi connectivity index (χ1) is 15.0. The predicted octanol–water partition coefficient (Wildman–Crippen LogP) is 4.92. The maximum Gasteiger partial charge on any atom is 0.257 e. The highest BCUT2D eigenvalue weighted by Crippen LogP contribution is 2.25. The number of hydrogen-bond acceptors (Lipinski definition) is 7. The number of anilines is 3. The second kappa shape index (κ2) is 9.53. The number of nitrogens with zero attached hydrogens (tertiary/aromatic N) is 4. The van der Waals surface area contributed by atoms with Crippen molar-refractivity contribution in [1.82, 2.24) is 19.9 Å². The van der Waals surface area contributed by atoms with Crippen LogP contribution in [0.2, 0.25) is 0 Å². The Kier molecular flexibility index (Phi) is 6.58. The van der Waals surface area contributed by atoms with E-state index in [9.17, 15) is 4.79 Å². The summed E-state index contributed by atoms with van der Waals surface area (Å²) in [4.78, 5) is 29.6. The molecule has 1 amide bonds. The van der Waals surface area contributed by atoms with Crippen LogP contribution >= 0.6 is 11.3 Å². The van der Waals surface area contributed by atoms with Gasteiger partial charge in [-0.25, -0.2) is 15.0 Å². The largest absolute Gasteiger partial charge is 0.324 e. The van der Waals surface area contributed by atoms with Crippen molar-refractivity contribution in [3.05, 3.63) is 58.4 Å². The van der Waals surface area contributed by atoms with Gasteiger partial charge >= 0.3 is 0 Å². The van der Waals surface area contributed by atoms with Crippen LogP contribution in [0.3, 0.4) is 0 Å². The monoisotopic (exact) mass is 436 g/mol. The topological polar surface area (TPSA) is 83.0 Å². The standard InChI is InChI=1S/C23H28N6OS/c1-15-11-16(2)26-22(25-15)27-19-9-6-8-18(12-19)21(30)28-23-24-13-20(31-23)14-29-10-5-4-7-17(29)3/h6,8-9,11-13,17H,4-5,7,10,14H2,1-3H3,(H,24,28,30)(H,25,26,27). The highest BCUT2D eigenvalue weighted by Gasteiger charge is 2.19. The summed E-state index contributed by atoms with van der Waals surface area (Å²) in [6, 6.07) is 9.82. The molecule has 0 saturated carbocycles. The Bertz CT molecular complexity index is 1050. The zero-order valence-electron chi connectivity index (χ0n) is 18.2. The normalized spacial score (nSPS) is 16.8. The molecule has 1 aromatic carbocycles. The maximum atomic E-state index is 12.8. The number of carbonyl (C=O) groups is 1. The van der Waals surface area contributed by atoms with Crippen molar-refractivity contribution >= 4 is 34.0 Å². The molecule has 2 aromatic heterocycles. The van der Waals surface area contributed by atoms with E-state index in [1.54, 1.807) is 23.5 Å². The van der Waals surface area contributed by atoms with Crippen LogP contribution in [0.5, 0.6) is 0 Å². The van der Waals surface area contributed by atoms with Crippen LogP contribution in [-0.2, 0) is 6.54 Å². The number of rotatable bonds is 6. The lowest BCUT2D eigenvalue weighted by Crippen LogP contribution is -2.36. The fraction of sp³-hybridized carbons (Fsp3) is 0.391. The van der Waals surface area contributed by atoms with Crippen LogP contribution in [-0.4, -0.2) is 38.3 Å². The average Bonchev–Trinajstić information content (AvgIpc) is 3.16. The summed E-state index contributed by atoms with van der Waals surface area (Å²) in [6.45, 7) is 8.16. The van der Waals surface area contributed by atoms with E-state index in [0.29, 0.717) is 22.7 Å². The summed E-state index contributed by atoms with van der Waals surface area (Å²) in [5.74, 6) is 0.337. The van der Waals surface area contributed by atoms with E-state index >= 15 is 0 Å². The summed E-state index contributed by atoms with van der Waals surface area (Å²) in [5.41, 5.74) is 3.09. The number of aromatic nitrogens is 3. The first kappa shape index (κ1) is 21.4. The van der Waals surface area contributed by atoms with Gasteiger partial charge in [0.1, 0.15) is 0 Å². The second-order valence-electron chi connectivity index (χ2n) is 8.08. The Morgan fingerprint density at radius 2 is 2.00 bits per heavy atom. The summed E-state index contributed by atoms with van der Waals surface area (Å²) in [6.07, 6.45) is 5.69. The molecule has 1 fully saturated rings. The van der Waals surface area contributed by atoms with Gasteiger partial charge in [-0.2, -0.15) is 0 Å². The van der Waals surface area contributed by atoms with Gasteiger partial charge in [0, 0.05) is 46.3 Å². The van der Waals surface area contributed by atoms with Crippen molar-refractivity contribution < 1.29 is 4.79 Å². The molecule has 2 N–H and O–H groups in total. The highest BCUT2D eigenvalue weighted by atomic mass is 32.1. The molecule has 8 heteroatoms. The van der Waals surface area contributed by atoms with Crippen molar-refractivity contribution in [3.8, 4) is 0 Å². The second-order valence-corrected chi connectivity index (χ2v) is 9.20. The molecular weight excluding hydrogens is 408 g/mol. The molecule has 0 aliphatic carbocycles. The molecule has 0 spiro atoms. The number of hydrogen-bond donors (Lipinski definition) is 2. The molecule has 1 saturated heterocycles. The fourth-order valence-electron chi connectivity index (χ4n) is 3.85. The third-order valence-electron chi connectivity index (χ3n) is 5.44. The maximum absolute atomic E-state index is 12.8. The van der Waals surface area contributed by atoms with Gasteiger partial charge in [0.2, 0.25) is 5.95 Å².